The van der Waals surface area contributed by atoms with Gasteiger partial charge in [0.15, 0.2) is 6.61 Å². The van der Waals surface area contributed by atoms with Crippen molar-refractivity contribution in [3.63, 3.8) is 0 Å². The van der Waals surface area contributed by atoms with E-state index in [1.54, 1.807) is 24.3 Å². The number of rotatable bonds is 4. The highest BCUT2D eigenvalue weighted by molar-refractivity contribution is 6.31. The van der Waals surface area contributed by atoms with Gasteiger partial charge in [-0.2, -0.15) is 0 Å². The lowest BCUT2D eigenvalue weighted by Crippen LogP contribution is -2.31. The van der Waals surface area contributed by atoms with Crippen LogP contribution in [0.5, 0.6) is 0 Å². The summed E-state index contributed by atoms with van der Waals surface area (Å²) < 4.78 is 18.0. The van der Waals surface area contributed by atoms with Crippen molar-refractivity contribution in [2.24, 2.45) is 0 Å². The van der Waals surface area contributed by atoms with Crippen molar-refractivity contribution in [3.8, 4) is 0 Å². The summed E-state index contributed by atoms with van der Waals surface area (Å²) in [4.78, 5) is 25.2. The zero-order valence-electron chi connectivity index (χ0n) is 12.1. The van der Waals surface area contributed by atoms with E-state index in [0.29, 0.717) is 10.7 Å². The molecule has 0 aliphatic carbocycles. The molecule has 0 aromatic heterocycles. The van der Waals surface area contributed by atoms with Crippen molar-refractivity contribution in [1.29, 1.82) is 0 Å². The van der Waals surface area contributed by atoms with E-state index < -0.39 is 24.3 Å². The molecule has 0 N–H and O–H groups in total. The van der Waals surface area contributed by atoms with E-state index >= 15 is 0 Å². The Labute approximate surface area is 142 Å². The highest BCUT2D eigenvalue weighted by atomic mass is 35.5. The Balaban J connectivity index is 1.98. The predicted octanol–water partition coefficient (Wildman–Crippen LogP) is 3.95. The quantitative estimate of drug-likeness (QED) is 0.780. The van der Waals surface area contributed by atoms with E-state index in [-0.39, 0.29) is 10.6 Å². The molecule has 0 unspecified atom stereocenters. The van der Waals surface area contributed by atoms with Gasteiger partial charge in [-0.15, -0.1) is 0 Å². The maximum Gasteiger partial charge on any atom is 0.338 e. The molecule has 0 heterocycles. The Hall–Kier alpha value is -2.11. The van der Waals surface area contributed by atoms with Gasteiger partial charge in [0.25, 0.3) is 5.91 Å². The zero-order valence-corrected chi connectivity index (χ0v) is 13.6. The fourth-order valence-corrected chi connectivity index (χ4v) is 2.12. The number of likely N-dealkylation sites (N-methyl/N-ethyl adjacent to an activating group) is 1. The Morgan fingerprint density at radius 3 is 2.57 bits per heavy atom. The molecule has 2 rings (SSSR count). The highest BCUT2D eigenvalue weighted by Gasteiger charge is 2.16. The summed E-state index contributed by atoms with van der Waals surface area (Å²) in [6.45, 7) is -0.461. The SMILES string of the molecule is CN(C(=O)COC(=O)c1ccc(F)c(Cl)c1)c1cccc(Cl)c1. The number of esters is 1. The Morgan fingerprint density at radius 1 is 1.17 bits per heavy atom. The first-order valence-corrected chi connectivity index (χ1v) is 7.28. The van der Waals surface area contributed by atoms with E-state index in [9.17, 15) is 14.0 Å². The van der Waals surface area contributed by atoms with Gasteiger partial charge in [0.05, 0.1) is 10.6 Å². The number of nitrogens with zero attached hydrogens (tertiary/aromatic N) is 1. The van der Waals surface area contributed by atoms with E-state index in [0.717, 1.165) is 12.1 Å². The van der Waals surface area contributed by atoms with Crippen LogP contribution in [0.1, 0.15) is 10.4 Å². The molecule has 4 nitrogen and oxygen atoms in total. The first-order valence-electron chi connectivity index (χ1n) is 6.53. The molecule has 0 saturated heterocycles. The minimum Gasteiger partial charge on any atom is -0.452 e. The predicted molar refractivity (Wildman–Crippen MR) is 86.6 cm³/mol. The number of carbonyl (C=O) groups excluding carboxylic acids is 2. The van der Waals surface area contributed by atoms with Gasteiger partial charge in [-0.1, -0.05) is 29.3 Å². The molecule has 0 atom stereocenters. The first kappa shape index (κ1) is 17.2. The maximum atomic E-state index is 13.0. The summed E-state index contributed by atoms with van der Waals surface area (Å²) in [6, 6.07) is 10.1. The average Bonchev–Trinajstić information content (AvgIpc) is 2.54. The summed E-state index contributed by atoms with van der Waals surface area (Å²) >= 11 is 11.5. The number of anilines is 1. The number of benzene rings is 2. The first-order chi connectivity index (χ1) is 10.9. The van der Waals surface area contributed by atoms with Crippen LogP contribution >= 0.6 is 23.2 Å². The van der Waals surface area contributed by atoms with Crippen molar-refractivity contribution in [1.82, 2.24) is 0 Å². The minimum atomic E-state index is -0.764. The molecule has 0 aliphatic heterocycles. The molecule has 0 radical (unpaired) electrons. The fraction of sp³-hybridized carbons (Fsp3) is 0.125. The second-order valence-corrected chi connectivity index (χ2v) is 5.48. The van der Waals surface area contributed by atoms with Crippen LogP contribution in [-0.4, -0.2) is 25.5 Å². The molecule has 23 heavy (non-hydrogen) atoms. The van der Waals surface area contributed by atoms with Crippen LogP contribution in [0.4, 0.5) is 10.1 Å². The lowest BCUT2D eigenvalue weighted by molar-refractivity contribution is -0.121. The standard InChI is InChI=1S/C16H12Cl2FNO3/c1-20(12-4-2-3-11(17)8-12)15(21)9-23-16(22)10-5-6-14(19)13(18)7-10/h2-8H,9H2,1H3. The van der Waals surface area contributed by atoms with E-state index in [1.807, 2.05) is 0 Å². The Bertz CT molecular complexity index is 752. The molecule has 0 saturated carbocycles. The molecule has 0 aliphatic rings. The van der Waals surface area contributed by atoms with Gasteiger partial charge < -0.3 is 9.64 Å². The van der Waals surface area contributed by atoms with Gasteiger partial charge in [-0.3, -0.25) is 4.79 Å². The molecule has 2 aromatic rings. The molecule has 0 fully saturated rings. The summed E-state index contributed by atoms with van der Waals surface area (Å²) in [7, 11) is 1.54. The van der Waals surface area contributed by atoms with Gasteiger partial charge in [0.2, 0.25) is 0 Å². The van der Waals surface area contributed by atoms with Crippen LogP contribution in [-0.2, 0) is 9.53 Å². The van der Waals surface area contributed by atoms with Gasteiger partial charge in [-0.25, -0.2) is 9.18 Å². The van der Waals surface area contributed by atoms with Crippen molar-refractivity contribution in [2.45, 2.75) is 0 Å². The number of carbonyl (C=O) groups is 2. The zero-order chi connectivity index (χ0) is 17.0. The summed E-state index contributed by atoms with van der Waals surface area (Å²) in [5.74, 6) is -1.84. The largest absolute Gasteiger partial charge is 0.452 e. The van der Waals surface area contributed by atoms with Crippen molar-refractivity contribution in [2.75, 3.05) is 18.6 Å². The van der Waals surface area contributed by atoms with Gasteiger partial charge in [0.1, 0.15) is 5.82 Å². The van der Waals surface area contributed by atoms with Crippen LogP contribution in [0.15, 0.2) is 42.5 Å². The van der Waals surface area contributed by atoms with E-state index in [4.69, 9.17) is 27.9 Å². The number of hydrogen-bond acceptors (Lipinski definition) is 3. The Morgan fingerprint density at radius 2 is 1.91 bits per heavy atom. The summed E-state index contributed by atoms with van der Waals surface area (Å²) in [5.41, 5.74) is 0.637. The maximum absolute atomic E-state index is 13.0. The molecule has 0 spiro atoms. The van der Waals surface area contributed by atoms with E-state index in [1.165, 1.54) is 18.0 Å². The monoisotopic (exact) mass is 355 g/mol. The topological polar surface area (TPSA) is 46.6 Å². The molecular formula is C16H12Cl2FNO3. The molecule has 2 aromatic carbocycles. The van der Waals surface area contributed by atoms with Gasteiger partial charge in [-0.05, 0) is 36.4 Å². The molecule has 0 bridgehead atoms. The van der Waals surface area contributed by atoms with Gasteiger partial charge >= 0.3 is 5.97 Å². The molecule has 7 heteroatoms. The van der Waals surface area contributed by atoms with Crippen LogP contribution in [0.3, 0.4) is 0 Å². The van der Waals surface area contributed by atoms with Crippen LogP contribution in [0.25, 0.3) is 0 Å². The van der Waals surface area contributed by atoms with Crippen LogP contribution in [0.2, 0.25) is 10.0 Å². The van der Waals surface area contributed by atoms with Gasteiger partial charge in [0, 0.05) is 17.8 Å². The summed E-state index contributed by atoms with van der Waals surface area (Å²) in [5, 5.41) is 0.293. The third kappa shape index (κ3) is 4.43. The number of halogens is 3. The lowest BCUT2D eigenvalue weighted by Gasteiger charge is -2.17. The van der Waals surface area contributed by atoms with Crippen LogP contribution in [0, 0.1) is 5.82 Å². The third-order valence-electron chi connectivity index (χ3n) is 3.05. The summed E-state index contributed by atoms with van der Waals surface area (Å²) in [6.07, 6.45) is 0. The highest BCUT2D eigenvalue weighted by Crippen LogP contribution is 2.19. The second-order valence-electron chi connectivity index (χ2n) is 4.64. The minimum absolute atomic E-state index is 0.0645. The van der Waals surface area contributed by atoms with Crippen molar-refractivity contribution < 1.29 is 18.7 Å². The molecule has 1 amide bonds. The lowest BCUT2D eigenvalue weighted by atomic mass is 10.2. The molecule has 120 valence electrons. The molecular weight excluding hydrogens is 344 g/mol. The average molecular weight is 356 g/mol. The number of amides is 1. The smallest absolute Gasteiger partial charge is 0.338 e. The van der Waals surface area contributed by atoms with Crippen molar-refractivity contribution in [3.05, 3.63) is 63.9 Å². The van der Waals surface area contributed by atoms with Crippen LogP contribution < -0.4 is 4.90 Å². The fourth-order valence-electron chi connectivity index (χ4n) is 1.76. The number of ether oxygens (including phenoxy) is 1. The third-order valence-corrected chi connectivity index (χ3v) is 3.58. The van der Waals surface area contributed by atoms with E-state index in [2.05, 4.69) is 0 Å². The normalized spacial score (nSPS) is 10.3. The number of hydrogen-bond donors (Lipinski definition) is 0. The van der Waals surface area contributed by atoms with Crippen molar-refractivity contribution >= 4 is 40.8 Å². The Kier molecular flexibility index (Phi) is 5.58. The second kappa shape index (κ2) is 7.44.